The van der Waals surface area contributed by atoms with Gasteiger partial charge in [-0.1, -0.05) is 18.2 Å². The number of H-pyrrole nitrogens is 1. The van der Waals surface area contributed by atoms with Crippen LogP contribution in [-0.4, -0.2) is 25.8 Å². The van der Waals surface area contributed by atoms with E-state index in [1.54, 1.807) is 12.4 Å². The number of nitrogens with one attached hydrogen (secondary N) is 2. The first-order chi connectivity index (χ1) is 12.9. The summed E-state index contributed by atoms with van der Waals surface area (Å²) in [6.07, 6.45) is 4.12. The number of nitrogens with zero attached hydrogens (tertiary/aromatic N) is 1. The number of anilines is 2. The van der Waals surface area contributed by atoms with Gasteiger partial charge in [0.05, 0.1) is 23.1 Å². The molecule has 5 heteroatoms. The number of pyridine rings is 1. The third kappa shape index (κ3) is 3.48. The fraction of sp³-hybridized carbons (Fsp3) is 0.318. The van der Waals surface area contributed by atoms with Gasteiger partial charge >= 0.3 is 0 Å². The van der Waals surface area contributed by atoms with Crippen molar-refractivity contribution in [3.05, 3.63) is 66.1 Å². The molecule has 0 bridgehead atoms. The van der Waals surface area contributed by atoms with Crippen LogP contribution in [0.5, 0.6) is 0 Å². The Balaban J connectivity index is 1.82. The van der Waals surface area contributed by atoms with E-state index in [4.69, 9.17) is 0 Å². The molecule has 0 radical (unpaired) electrons. The number of aliphatic hydroxyl groups is 2. The van der Waals surface area contributed by atoms with Crippen molar-refractivity contribution in [1.29, 1.82) is 0 Å². The molecule has 2 aromatic heterocycles. The molecular formula is C22H25N3O2. The third-order valence-corrected chi connectivity index (χ3v) is 5.42. The van der Waals surface area contributed by atoms with Crippen LogP contribution in [0.1, 0.15) is 37.6 Å². The zero-order chi connectivity index (χ0) is 19.0. The summed E-state index contributed by atoms with van der Waals surface area (Å²) in [5, 5.41) is 24.9. The Morgan fingerprint density at radius 3 is 2.48 bits per heavy atom. The topological polar surface area (TPSA) is 81.2 Å². The second kappa shape index (κ2) is 6.83. The van der Waals surface area contributed by atoms with E-state index in [1.165, 1.54) is 0 Å². The van der Waals surface area contributed by atoms with E-state index >= 15 is 0 Å². The first-order valence-electron chi connectivity index (χ1n) is 9.31. The molecule has 4 N–H and O–H groups in total. The number of para-hydroxylation sites is 1. The van der Waals surface area contributed by atoms with E-state index in [9.17, 15) is 10.2 Å². The molecule has 4 rings (SSSR count). The van der Waals surface area contributed by atoms with Gasteiger partial charge in [0.25, 0.3) is 0 Å². The highest BCUT2D eigenvalue weighted by molar-refractivity contribution is 5.83. The van der Waals surface area contributed by atoms with Crippen LogP contribution in [0.3, 0.4) is 0 Å². The Morgan fingerprint density at radius 1 is 1.11 bits per heavy atom. The first-order valence-corrected chi connectivity index (χ1v) is 9.31. The maximum absolute atomic E-state index is 10.9. The summed E-state index contributed by atoms with van der Waals surface area (Å²) in [6.45, 7) is 3.62. The number of rotatable bonds is 4. The van der Waals surface area contributed by atoms with Crippen molar-refractivity contribution in [2.45, 2.75) is 38.4 Å². The predicted molar refractivity (Wildman–Crippen MR) is 107 cm³/mol. The average Bonchev–Trinajstić information content (AvgIpc) is 3.01. The molecule has 2 atom stereocenters. The second-order valence-electron chi connectivity index (χ2n) is 7.80. The molecule has 0 saturated heterocycles. The number of benzene rings is 1. The minimum atomic E-state index is -0.840. The Bertz CT molecular complexity index is 914. The van der Waals surface area contributed by atoms with Crippen molar-refractivity contribution in [2.75, 3.05) is 5.32 Å². The highest BCUT2D eigenvalue weighted by Gasteiger charge is 2.37. The highest BCUT2D eigenvalue weighted by Crippen LogP contribution is 2.46. The Labute approximate surface area is 159 Å². The minimum Gasteiger partial charge on any atom is -0.390 e. The molecule has 5 nitrogen and oxygen atoms in total. The average molecular weight is 363 g/mol. The van der Waals surface area contributed by atoms with Gasteiger partial charge in [-0.3, -0.25) is 4.98 Å². The summed E-state index contributed by atoms with van der Waals surface area (Å²) in [4.78, 5) is 7.62. The van der Waals surface area contributed by atoms with Gasteiger partial charge in [0.1, 0.15) is 0 Å². The monoisotopic (exact) mass is 363 g/mol. The summed E-state index contributed by atoms with van der Waals surface area (Å²) in [5.41, 5.74) is 4.83. The molecule has 1 aliphatic rings. The molecule has 3 aromatic rings. The van der Waals surface area contributed by atoms with Crippen LogP contribution in [-0.2, 0) is 6.42 Å². The maximum atomic E-state index is 10.9. The molecular weight excluding hydrogens is 338 g/mol. The van der Waals surface area contributed by atoms with Crippen molar-refractivity contribution < 1.29 is 10.2 Å². The normalized spacial score (nSPS) is 19.6. The van der Waals surface area contributed by atoms with Crippen LogP contribution in [0.25, 0.3) is 11.3 Å². The molecule has 0 fully saturated rings. The van der Waals surface area contributed by atoms with Crippen molar-refractivity contribution in [3.8, 4) is 11.3 Å². The molecule has 1 aliphatic carbocycles. The van der Waals surface area contributed by atoms with E-state index in [2.05, 4.69) is 15.3 Å². The van der Waals surface area contributed by atoms with Gasteiger partial charge in [0.15, 0.2) is 0 Å². The number of aliphatic hydroxyl groups excluding tert-OH is 1. The largest absolute Gasteiger partial charge is 0.390 e. The van der Waals surface area contributed by atoms with Crippen LogP contribution < -0.4 is 5.32 Å². The van der Waals surface area contributed by atoms with Crippen LogP contribution in [0, 0.1) is 5.92 Å². The van der Waals surface area contributed by atoms with Crippen LogP contribution in [0.2, 0.25) is 0 Å². The molecule has 0 saturated carbocycles. The van der Waals surface area contributed by atoms with Crippen LogP contribution in [0.4, 0.5) is 11.4 Å². The smallest absolute Gasteiger partial charge is 0.0831 e. The number of fused-ring (bicyclic) bond motifs is 1. The van der Waals surface area contributed by atoms with Crippen LogP contribution >= 0.6 is 0 Å². The highest BCUT2D eigenvalue weighted by atomic mass is 16.3. The molecule has 140 valence electrons. The lowest BCUT2D eigenvalue weighted by atomic mass is 9.77. The van der Waals surface area contributed by atoms with Crippen molar-refractivity contribution in [1.82, 2.24) is 9.97 Å². The first kappa shape index (κ1) is 17.8. The lowest BCUT2D eigenvalue weighted by Crippen LogP contribution is -2.36. The van der Waals surface area contributed by atoms with Crippen LogP contribution in [0.15, 0.2) is 54.9 Å². The Morgan fingerprint density at radius 2 is 1.81 bits per heavy atom. The van der Waals surface area contributed by atoms with Gasteiger partial charge in [-0.15, -0.1) is 0 Å². The van der Waals surface area contributed by atoms with Gasteiger partial charge in [0.2, 0.25) is 0 Å². The lowest BCUT2D eigenvalue weighted by molar-refractivity contribution is -0.0141. The molecule has 0 aliphatic heterocycles. The van der Waals surface area contributed by atoms with E-state index in [1.807, 2.05) is 56.3 Å². The van der Waals surface area contributed by atoms with E-state index in [0.29, 0.717) is 12.8 Å². The fourth-order valence-corrected chi connectivity index (χ4v) is 3.88. The minimum absolute atomic E-state index is 0.00600. The Kier molecular flexibility index (Phi) is 4.50. The van der Waals surface area contributed by atoms with E-state index in [-0.39, 0.29) is 5.92 Å². The molecule has 1 unspecified atom stereocenters. The predicted octanol–water partition coefficient (Wildman–Crippen LogP) is 4.19. The summed E-state index contributed by atoms with van der Waals surface area (Å²) >= 11 is 0. The molecule has 1 aromatic carbocycles. The van der Waals surface area contributed by atoms with Gasteiger partial charge in [-0.25, -0.2) is 0 Å². The zero-order valence-corrected chi connectivity index (χ0v) is 15.6. The van der Waals surface area contributed by atoms with Gasteiger partial charge in [-0.05, 0) is 56.9 Å². The fourth-order valence-electron chi connectivity index (χ4n) is 3.88. The molecule has 0 spiro atoms. The second-order valence-corrected chi connectivity index (χ2v) is 7.80. The summed E-state index contributed by atoms with van der Waals surface area (Å²) in [5.74, 6) is -0.00600. The molecule has 0 amide bonds. The number of hydrogen-bond donors (Lipinski definition) is 4. The summed E-state index contributed by atoms with van der Waals surface area (Å²) in [7, 11) is 0. The van der Waals surface area contributed by atoms with Gasteiger partial charge in [0, 0.05) is 34.9 Å². The van der Waals surface area contributed by atoms with Crippen molar-refractivity contribution in [2.24, 2.45) is 5.92 Å². The Hall–Kier alpha value is -2.63. The van der Waals surface area contributed by atoms with E-state index in [0.717, 1.165) is 33.9 Å². The van der Waals surface area contributed by atoms with Gasteiger partial charge in [-0.2, -0.15) is 0 Å². The van der Waals surface area contributed by atoms with Crippen molar-refractivity contribution >= 4 is 11.4 Å². The standard InChI is InChI=1S/C22H25N3O2/c1-22(2,27)15-12-17-19(18(26)13-15)21(24-16-6-4-3-5-7-16)20(25-17)14-8-10-23-11-9-14/h3-11,15,18,24-27H,12-13H2,1-2H3/t15-,18?/m0/s1. The number of aromatic amines is 1. The number of aromatic nitrogens is 2. The van der Waals surface area contributed by atoms with Crippen molar-refractivity contribution in [3.63, 3.8) is 0 Å². The SMILES string of the molecule is CC(C)(O)[C@H]1Cc2[nH]c(-c3ccncc3)c(Nc3ccccc3)c2C(O)C1. The maximum Gasteiger partial charge on any atom is 0.0831 e. The van der Waals surface area contributed by atoms with E-state index < -0.39 is 11.7 Å². The molecule has 2 heterocycles. The summed E-state index contributed by atoms with van der Waals surface area (Å²) < 4.78 is 0. The third-order valence-electron chi connectivity index (χ3n) is 5.42. The number of hydrogen-bond acceptors (Lipinski definition) is 4. The quantitative estimate of drug-likeness (QED) is 0.560. The summed E-state index contributed by atoms with van der Waals surface area (Å²) in [6, 6.07) is 13.8. The molecule has 27 heavy (non-hydrogen) atoms. The lowest BCUT2D eigenvalue weighted by Gasteiger charge is -2.35. The van der Waals surface area contributed by atoms with Gasteiger partial charge < -0.3 is 20.5 Å². The zero-order valence-electron chi connectivity index (χ0n) is 15.6.